The molecule has 29 heavy (non-hydrogen) atoms. The summed E-state index contributed by atoms with van der Waals surface area (Å²) in [6, 6.07) is 15.7. The summed E-state index contributed by atoms with van der Waals surface area (Å²) in [5.41, 5.74) is 1.61. The summed E-state index contributed by atoms with van der Waals surface area (Å²) in [6.45, 7) is 5.38. The van der Waals surface area contributed by atoms with Crippen molar-refractivity contribution in [2.75, 3.05) is 13.1 Å². The molecular formula is C24H29FN2O2. The Morgan fingerprint density at radius 2 is 1.66 bits per heavy atom. The Balaban J connectivity index is 1.57. The summed E-state index contributed by atoms with van der Waals surface area (Å²) >= 11 is 0. The van der Waals surface area contributed by atoms with Crippen LogP contribution in [0, 0.1) is 17.7 Å². The number of hydrogen-bond donors (Lipinski definition) is 1. The fourth-order valence-electron chi connectivity index (χ4n) is 3.84. The minimum atomic E-state index is -0.355. The maximum absolute atomic E-state index is 13.1. The lowest BCUT2D eigenvalue weighted by Gasteiger charge is -2.32. The van der Waals surface area contributed by atoms with Gasteiger partial charge in [-0.05, 0) is 55.0 Å². The number of benzene rings is 2. The van der Waals surface area contributed by atoms with Crippen LogP contribution in [0.5, 0.6) is 0 Å². The number of piperidine rings is 1. The number of halogens is 1. The number of nitrogens with zero attached hydrogens (tertiary/aromatic N) is 1. The van der Waals surface area contributed by atoms with Crippen LogP contribution in [0.25, 0.3) is 0 Å². The van der Waals surface area contributed by atoms with Crippen LogP contribution in [-0.2, 0) is 4.79 Å². The zero-order valence-corrected chi connectivity index (χ0v) is 17.1. The molecule has 0 aliphatic carbocycles. The van der Waals surface area contributed by atoms with Crippen molar-refractivity contribution in [2.45, 2.75) is 39.2 Å². The Kier molecular flexibility index (Phi) is 7.02. The maximum Gasteiger partial charge on any atom is 0.253 e. The van der Waals surface area contributed by atoms with Crippen LogP contribution in [0.3, 0.4) is 0 Å². The molecule has 0 aromatic heterocycles. The van der Waals surface area contributed by atoms with Gasteiger partial charge in [-0.2, -0.15) is 0 Å². The second kappa shape index (κ2) is 9.68. The summed E-state index contributed by atoms with van der Waals surface area (Å²) in [6.07, 6.45) is 2.17. The molecule has 2 amide bonds. The zero-order chi connectivity index (χ0) is 20.8. The van der Waals surface area contributed by atoms with E-state index in [1.165, 1.54) is 24.3 Å². The number of amides is 2. The SMILES string of the molecule is CC(C)CC(NC(=O)C1CCN(C(=O)c2ccc(F)cc2)CC1)c1ccccc1. The van der Waals surface area contributed by atoms with Gasteiger partial charge in [0.25, 0.3) is 5.91 Å². The molecule has 2 aromatic rings. The van der Waals surface area contributed by atoms with Crippen LogP contribution in [0.1, 0.15) is 55.1 Å². The van der Waals surface area contributed by atoms with E-state index >= 15 is 0 Å². The first-order chi connectivity index (χ1) is 13.9. The highest BCUT2D eigenvalue weighted by Crippen LogP contribution is 2.24. The molecule has 2 aromatic carbocycles. The molecule has 1 heterocycles. The summed E-state index contributed by atoms with van der Waals surface area (Å²) in [7, 11) is 0. The van der Waals surface area contributed by atoms with E-state index in [-0.39, 0.29) is 29.6 Å². The normalized spacial score (nSPS) is 15.9. The molecule has 0 saturated carbocycles. The fourth-order valence-corrected chi connectivity index (χ4v) is 3.84. The molecule has 1 fully saturated rings. The minimum Gasteiger partial charge on any atom is -0.349 e. The molecule has 154 valence electrons. The number of hydrogen-bond acceptors (Lipinski definition) is 2. The van der Waals surface area contributed by atoms with E-state index in [1.807, 2.05) is 18.2 Å². The van der Waals surface area contributed by atoms with Gasteiger partial charge >= 0.3 is 0 Å². The fraction of sp³-hybridized carbons (Fsp3) is 0.417. The van der Waals surface area contributed by atoms with Gasteiger partial charge in [-0.3, -0.25) is 9.59 Å². The molecule has 1 atom stereocenters. The summed E-state index contributed by atoms with van der Waals surface area (Å²) in [5, 5.41) is 3.23. The predicted molar refractivity (Wildman–Crippen MR) is 112 cm³/mol. The monoisotopic (exact) mass is 396 g/mol. The van der Waals surface area contributed by atoms with Crippen molar-refractivity contribution in [3.05, 3.63) is 71.5 Å². The lowest BCUT2D eigenvalue weighted by Crippen LogP contribution is -2.43. The van der Waals surface area contributed by atoms with Gasteiger partial charge in [-0.15, -0.1) is 0 Å². The number of likely N-dealkylation sites (tertiary alicyclic amines) is 1. The van der Waals surface area contributed by atoms with E-state index in [4.69, 9.17) is 0 Å². The van der Waals surface area contributed by atoms with Gasteiger partial charge in [0, 0.05) is 24.6 Å². The molecule has 0 spiro atoms. The van der Waals surface area contributed by atoms with Crippen molar-refractivity contribution < 1.29 is 14.0 Å². The third-order valence-electron chi connectivity index (χ3n) is 5.47. The van der Waals surface area contributed by atoms with Gasteiger partial charge in [0.05, 0.1) is 6.04 Å². The van der Waals surface area contributed by atoms with Crippen LogP contribution in [0.4, 0.5) is 4.39 Å². The van der Waals surface area contributed by atoms with Crippen molar-refractivity contribution >= 4 is 11.8 Å². The van der Waals surface area contributed by atoms with Crippen LogP contribution < -0.4 is 5.32 Å². The summed E-state index contributed by atoms with van der Waals surface area (Å²) in [4.78, 5) is 27.2. The largest absolute Gasteiger partial charge is 0.349 e. The molecule has 4 nitrogen and oxygen atoms in total. The van der Waals surface area contributed by atoms with Crippen LogP contribution in [-0.4, -0.2) is 29.8 Å². The van der Waals surface area contributed by atoms with Crippen LogP contribution >= 0.6 is 0 Å². The lowest BCUT2D eigenvalue weighted by atomic mass is 9.92. The van der Waals surface area contributed by atoms with E-state index in [2.05, 4.69) is 31.3 Å². The van der Waals surface area contributed by atoms with Crippen molar-refractivity contribution in [1.29, 1.82) is 0 Å². The Labute approximate surface area is 172 Å². The average molecular weight is 397 g/mol. The number of nitrogens with one attached hydrogen (secondary N) is 1. The molecular weight excluding hydrogens is 367 g/mol. The molecule has 0 bridgehead atoms. The first-order valence-corrected chi connectivity index (χ1v) is 10.3. The topological polar surface area (TPSA) is 49.4 Å². The predicted octanol–water partition coefficient (Wildman–Crippen LogP) is 4.58. The third kappa shape index (κ3) is 5.66. The number of rotatable bonds is 6. The Morgan fingerprint density at radius 3 is 2.24 bits per heavy atom. The third-order valence-corrected chi connectivity index (χ3v) is 5.47. The van der Waals surface area contributed by atoms with Gasteiger partial charge < -0.3 is 10.2 Å². The van der Waals surface area contributed by atoms with E-state index in [1.54, 1.807) is 4.90 Å². The molecule has 1 aliphatic heterocycles. The highest BCUT2D eigenvalue weighted by atomic mass is 19.1. The smallest absolute Gasteiger partial charge is 0.253 e. The first kappa shape index (κ1) is 21.0. The molecule has 1 saturated heterocycles. The van der Waals surface area contributed by atoms with E-state index in [9.17, 15) is 14.0 Å². The zero-order valence-electron chi connectivity index (χ0n) is 17.1. The van der Waals surface area contributed by atoms with Crippen molar-refractivity contribution in [1.82, 2.24) is 10.2 Å². The molecule has 1 aliphatic rings. The highest BCUT2D eigenvalue weighted by molar-refractivity contribution is 5.94. The quantitative estimate of drug-likeness (QED) is 0.777. The van der Waals surface area contributed by atoms with Crippen LogP contribution in [0.15, 0.2) is 54.6 Å². The Hall–Kier alpha value is -2.69. The van der Waals surface area contributed by atoms with Gasteiger partial charge in [0.1, 0.15) is 5.82 Å². The maximum atomic E-state index is 13.1. The van der Waals surface area contributed by atoms with Gasteiger partial charge in [0.2, 0.25) is 5.91 Å². The van der Waals surface area contributed by atoms with E-state index in [0.717, 1.165) is 12.0 Å². The Bertz CT molecular complexity index is 813. The van der Waals surface area contributed by atoms with Gasteiger partial charge in [0.15, 0.2) is 0 Å². The van der Waals surface area contributed by atoms with Gasteiger partial charge in [-0.1, -0.05) is 44.2 Å². The first-order valence-electron chi connectivity index (χ1n) is 10.3. The second-order valence-electron chi connectivity index (χ2n) is 8.17. The summed E-state index contributed by atoms with van der Waals surface area (Å²) < 4.78 is 13.1. The molecule has 1 N–H and O–H groups in total. The average Bonchev–Trinajstić information content (AvgIpc) is 2.73. The molecule has 0 radical (unpaired) electrons. The molecule has 1 unspecified atom stereocenters. The van der Waals surface area contributed by atoms with E-state index < -0.39 is 0 Å². The highest BCUT2D eigenvalue weighted by Gasteiger charge is 2.29. The summed E-state index contributed by atoms with van der Waals surface area (Å²) in [5.74, 6) is -0.0214. The van der Waals surface area contributed by atoms with E-state index in [0.29, 0.717) is 37.4 Å². The van der Waals surface area contributed by atoms with Crippen molar-refractivity contribution in [3.8, 4) is 0 Å². The van der Waals surface area contributed by atoms with Crippen molar-refractivity contribution in [3.63, 3.8) is 0 Å². The molecule has 3 rings (SSSR count). The minimum absolute atomic E-state index is 0.00239. The van der Waals surface area contributed by atoms with Gasteiger partial charge in [-0.25, -0.2) is 4.39 Å². The Morgan fingerprint density at radius 1 is 1.03 bits per heavy atom. The second-order valence-corrected chi connectivity index (χ2v) is 8.17. The van der Waals surface area contributed by atoms with Crippen molar-refractivity contribution in [2.24, 2.45) is 11.8 Å². The van der Waals surface area contributed by atoms with Crippen LogP contribution in [0.2, 0.25) is 0 Å². The number of carbonyl (C=O) groups is 2. The standard InChI is InChI=1S/C24H29FN2O2/c1-17(2)16-22(18-6-4-3-5-7-18)26-23(28)19-12-14-27(15-13-19)24(29)20-8-10-21(25)11-9-20/h3-11,17,19,22H,12-16H2,1-2H3,(H,26,28). The lowest BCUT2D eigenvalue weighted by molar-refractivity contribution is -0.127. The molecule has 5 heteroatoms. The number of carbonyl (C=O) groups excluding carboxylic acids is 2.